The van der Waals surface area contributed by atoms with Crippen LogP contribution in [-0.2, 0) is 23.7 Å². The van der Waals surface area contributed by atoms with E-state index in [2.05, 4.69) is 0 Å². The summed E-state index contributed by atoms with van der Waals surface area (Å²) >= 11 is 0. The van der Waals surface area contributed by atoms with Crippen LogP contribution in [0.4, 0.5) is 0 Å². The average Bonchev–Trinajstić information content (AvgIpc) is 2.81. The number of aldehydes is 1. The van der Waals surface area contributed by atoms with Gasteiger partial charge in [0.1, 0.15) is 67.1 Å². The normalized spacial score (nSPS) is 43.5. The van der Waals surface area contributed by atoms with E-state index in [0.29, 0.717) is 0 Å². The van der Waals surface area contributed by atoms with Crippen molar-refractivity contribution < 1.29 is 74.8 Å². The molecule has 0 bridgehead atoms. The fourth-order valence-corrected chi connectivity index (χ4v) is 3.56. The van der Waals surface area contributed by atoms with E-state index in [1.807, 2.05) is 0 Å². The largest absolute Gasteiger partial charge is 0.394 e. The second-order valence-electron chi connectivity index (χ2n) is 7.96. The van der Waals surface area contributed by atoms with E-state index >= 15 is 0 Å². The zero-order chi connectivity index (χ0) is 25.0. The van der Waals surface area contributed by atoms with Crippen LogP contribution in [0.2, 0.25) is 0 Å². The molecule has 0 aromatic heterocycles. The number of aliphatic hydroxyl groups is 10. The number of carbonyl (C=O) groups excluding carboxylic acids is 1. The second kappa shape index (κ2) is 12.2. The molecule has 2 aliphatic heterocycles. The average molecular weight is 488 g/mol. The first kappa shape index (κ1) is 28.3. The van der Waals surface area contributed by atoms with Crippen molar-refractivity contribution in [2.45, 2.75) is 92.8 Å². The lowest BCUT2D eigenvalue weighted by atomic mass is 9.97. The quantitative estimate of drug-likeness (QED) is 0.128. The Morgan fingerprint density at radius 1 is 0.879 bits per heavy atom. The summed E-state index contributed by atoms with van der Waals surface area (Å²) in [6.07, 6.45) is -23.7. The molecule has 2 rings (SSSR count). The third-order valence-corrected chi connectivity index (χ3v) is 5.60. The third-order valence-electron chi connectivity index (χ3n) is 5.60. The SMILES string of the molecule is C[C@@H]1O[C@@H](O[C@@H]([C@@H](O)[C@H](O)CO)[C@@H](O)C=O)[C@H](O)[C@H](O)[C@H]1O[C@H]1O[C@H](CO)[C@@H](O)[C@H](O)[C@@H]1O. The molecule has 0 aromatic rings. The second-order valence-corrected chi connectivity index (χ2v) is 7.96. The Morgan fingerprint density at radius 2 is 1.48 bits per heavy atom. The van der Waals surface area contributed by atoms with Crippen LogP contribution in [0.1, 0.15) is 6.92 Å². The third kappa shape index (κ3) is 6.22. The predicted octanol–water partition coefficient (Wildman–Crippen LogP) is -6.70. The van der Waals surface area contributed by atoms with Gasteiger partial charge in [0.25, 0.3) is 0 Å². The Balaban J connectivity index is 2.12. The summed E-state index contributed by atoms with van der Waals surface area (Å²) in [5.41, 5.74) is 0. The summed E-state index contributed by atoms with van der Waals surface area (Å²) in [5.74, 6) is 0. The highest BCUT2D eigenvalue weighted by Crippen LogP contribution is 2.30. The minimum atomic E-state index is -1.99. The van der Waals surface area contributed by atoms with Gasteiger partial charge in [-0.25, -0.2) is 0 Å². The molecule has 0 spiro atoms. The van der Waals surface area contributed by atoms with Crippen molar-refractivity contribution in [2.75, 3.05) is 13.2 Å². The summed E-state index contributed by atoms with van der Waals surface area (Å²) in [6.45, 7) is -0.301. The van der Waals surface area contributed by atoms with Crippen LogP contribution in [0, 0.1) is 0 Å². The Morgan fingerprint density at radius 3 is 2.03 bits per heavy atom. The number of aliphatic hydroxyl groups excluding tert-OH is 10. The van der Waals surface area contributed by atoms with Crippen LogP contribution < -0.4 is 0 Å². The molecule has 0 amide bonds. The molecule has 2 saturated heterocycles. The van der Waals surface area contributed by atoms with E-state index in [1.54, 1.807) is 0 Å². The van der Waals surface area contributed by atoms with Gasteiger partial charge in [0, 0.05) is 0 Å². The number of ether oxygens (including phenoxy) is 4. The fraction of sp³-hybridized carbons (Fsp3) is 0.944. The van der Waals surface area contributed by atoms with E-state index in [-0.39, 0.29) is 6.29 Å². The molecule has 15 nitrogen and oxygen atoms in total. The van der Waals surface area contributed by atoms with Gasteiger partial charge < -0.3 is 74.8 Å². The first-order chi connectivity index (χ1) is 15.5. The molecule has 194 valence electrons. The van der Waals surface area contributed by atoms with Gasteiger partial charge >= 0.3 is 0 Å². The highest BCUT2D eigenvalue weighted by Gasteiger charge is 2.50. The van der Waals surface area contributed by atoms with Crippen LogP contribution in [-0.4, -0.2) is 156 Å². The maximum absolute atomic E-state index is 11.0. The number of hydrogen-bond donors (Lipinski definition) is 10. The van der Waals surface area contributed by atoms with E-state index in [9.17, 15) is 50.8 Å². The molecule has 0 radical (unpaired) electrons. The number of hydrogen-bond acceptors (Lipinski definition) is 15. The van der Waals surface area contributed by atoms with E-state index in [0.717, 1.165) is 0 Å². The van der Waals surface area contributed by atoms with Crippen molar-refractivity contribution in [1.29, 1.82) is 0 Å². The summed E-state index contributed by atoms with van der Waals surface area (Å²) in [6, 6.07) is 0. The molecule has 33 heavy (non-hydrogen) atoms. The first-order valence-electron chi connectivity index (χ1n) is 10.2. The summed E-state index contributed by atoms with van der Waals surface area (Å²) in [5, 5.41) is 98.4. The predicted molar refractivity (Wildman–Crippen MR) is 101 cm³/mol. The maximum atomic E-state index is 11.0. The fourth-order valence-electron chi connectivity index (χ4n) is 3.56. The van der Waals surface area contributed by atoms with Gasteiger partial charge in [0.15, 0.2) is 18.9 Å². The summed E-state index contributed by atoms with van der Waals surface area (Å²) < 4.78 is 21.3. The minimum absolute atomic E-state index is 0.0158. The van der Waals surface area contributed by atoms with E-state index < -0.39 is 99.0 Å². The van der Waals surface area contributed by atoms with Crippen LogP contribution in [0.5, 0.6) is 0 Å². The highest BCUT2D eigenvalue weighted by molar-refractivity contribution is 5.56. The Kier molecular flexibility index (Phi) is 10.5. The van der Waals surface area contributed by atoms with Crippen molar-refractivity contribution >= 4 is 6.29 Å². The highest BCUT2D eigenvalue weighted by atomic mass is 16.7. The molecule has 0 aliphatic carbocycles. The van der Waals surface area contributed by atoms with Crippen LogP contribution in [0.15, 0.2) is 0 Å². The summed E-state index contributed by atoms with van der Waals surface area (Å²) in [4.78, 5) is 11.0. The van der Waals surface area contributed by atoms with Crippen molar-refractivity contribution in [2.24, 2.45) is 0 Å². The van der Waals surface area contributed by atoms with Crippen molar-refractivity contribution in [3.63, 3.8) is 0 Å². The lowest BCUT2D eigenvalue weighted by Gasteiger charge is -2.46. The molecule has 2 fully saturated rings. The molecule has 0 unspecified atom stereocenters. The zero-order valence-electron chi connectivity index (χ0n) is 17.6. The van der Waals surface area contributed by atoms with Gasteiger partial charge in [0.2, 0.25) is 0 Å². The Hall–Kier alpha value is -0.890. The van der Waals surface area contributed by atoms with Gasteiger partial charge in [-0.3, -0.25) is 0 Å². The number of carbonyl (C=O) groups is 1. The molecule has 0 aromatic carbocycles. The molecular formula is C18H32O15. The maximum Gasteiger partial charge on any atom is 0.187 e. The standard InChI is InChI=1S/C18H32O15/c1-5-15(32-18-13(28)11(26)10(25)8(4-21)31-18)12(27)14(29)17(30-5)33-16(7(23)3-20)9(24)6(22)2-19/h3,5-19,21-29H,2,4H2,1H3/t5-,6+,7-,8+,9-,10+,11-,12-,13-,14+,15-,16+,17-,18+/m0/s1. The zero-order valence-corrected chi connectivity index (χ0v) is 17.6. The molecule has 10 N–H and O–H groups in total. The van der Waals surface area contributed by atoms with Crippen molar-refractivity contribution in [1.82, 2.24) is 0 Å². The molecule has 2 heterocycles. The molecule has 15 heteroatoms. The van der Waals surface area contributed by atoms with Crippen LogP contribution in [0.3, 0.4) is 0 Å². The van der Waals surface area contributed by atoms with Gasteiger partial charge in [-0.15, -0.1) is 0 Å². The summed E-state index contributed by atoms with van der Waals surface area (Å²) in [7, 11) is 0. The van der Waals surface area contributed by atoms with E-state index in [4.69, 9.17) is 24.1 Å². The smallest absolute Gasteiger partial charge is 0.187 e. The van der Waals surface area contributed by atoms with Gasteiger partial charge in [-0.2, -0.15) is 0 Å². The topological polar surface area (TPSA) is 256 Å². The molecular weight excluding hydrogens is 456 g/mol. The van der Waals surface area contributed by atoms with Crippen LogP contribution >= 0.6 is 0 Å². The lowest BCUT2D eigenvalue weighted by molar-refractivity contribution is -0.362. The minimum Gasteiger partial charge on any atom is -0.394 e. The Labute approximate surface area is 187 Å². The number of rotatable bonds is 10. The first-order valence-corrected chi connectivity index (χ1v) is 10.2. The monoisotopic (exact) mass is 488 g/mol. The van der Waals surface area contributed by atoms with Gasteiger partial charge in [-0.1, -0.05) is 0 Å². The van der Waals surface area contributed by atoms with Gasteiger partial charge in [-0.05, 0) is 6.92 Å². The molecule has 14 atom stereocenters. The lowest BCUT2D eigenvalue weighted by Crippen LogP contribution is -2.64. The van der Waals surface area contributed by atoms with Crippen molar-refractivity contribution in [3.05, 3.63) is 0 Å². The Bertz CT molecular complexity index is 607. The molecule has 2 aliphatic rings. The van der Waals surface area contributed by atoms with Crippen molar-refractivity contribution in [3.8, 4) is 0 Å². The van der Waals surface area contributed by atoms with Crippen LogP contribution in [0.25, 0.3) is 0 Å². The van der Waals surface area contributed by atoms with Gasteiger partial charge in [0.05, 0.1) is 19.3 Å². The van der Waals surface area contributed by atoms with E-state index in [1.165, 1.54) is 6.92 Å². The molecule has 0 saturated carbocycles.